The number of hydrogen-bond donors (Lipinski definition) is 2. The van der Waals surface area contributed by atoms with Crippen LogP contribution in [-0.2, 0) is 6.54 Å². The fourth-order valence-electron chi connectivity index (χ4n) is 2.84. The Hall–Kier alpha value is -1.69. The molecule has 22 heavy (non-hydrogen) atoms. The van der Waals surface area contributed by atoms with Crippen LogP contribution in [0.15, 0.2) is 16.9 Å². The summed E-state index contributed by atoms with van der Waals surface area (Å²) in [6.45, 7) is 2.67. The number of aryl methyl sites for hydroxylation is 1. The molecule has 0 bridgehead atoms. The molecule has 2 rings (SSSR count). The average molecular weight is 307 g/mol. The summed E-state index contributed by atoms with van der Waals surface area (Å²) >= 11 is 0. The monoisotopic (exact) mass is 307 g/mol. The average Bonchev–Trinajstić information content (AvgIpc) is 2.72. The molecule has 0 atom stereocenters. The van der Waals surface area contributed by atoms with E-state index in [1.807, 2.05) is 6.92 Å². The topological polar surface area (TPSA) is 84.2 Å². The lowest BCUT2D eigenvalue weighted by Gasteiger charge is -2.26. The zero-order valence-corrected chi connectivity index (χ0v) is 13.2. The minimum Gasteiger partial charge on any atom is -0.388 e. The Morgan fingerprint density at radius 2 is 2.00 bits per heavy atom. The summed E-state index contributed by atoms with van der Waals surface area (Å²) in [5, 5.41) is 17.4. The van der Waals surface area contributed by atoms with Gasteiger partial charge in [0.25, 0.3) is 11.5 Å². The lowest BCUT2D eigenvalue weighted by Crippen LogP contribution is -2.43. The summed E-state index contributed by atoms with van der Waals surface area (Å²) in [5.74, 6) is -0.345. The maximum absolute atomic E-state index is 12.2. The number of rotatable bonds is 5. The van der Waals surface area contributed by atoms with Gasteiger partial charge >= 0.3 is 0 Å². The Balaban J connectivity index is 1.99. The van der Waals surface area contributed by atoms with E-state index in [1.54, 1.807) is 0 Å². The van der Waals surface area contributed by atoms with Gasteiger partial charge in [-0.25, -0.2) is 4.68 Å². The van der Waals surface area contributed by atoms with Crippen molar-refractivity contribution in [3.8, 4) is 0 Å². The molecule has 0 spiro atoms. The molecule has 1 aliphatic rings. The highest BCUT2D eigenvalue weighted by Gasteiger charge is 2.28. The minimum absolute atomic E-state index is 0.208. The molecule has 0 radical (unpaired) electrons. The lowest BCUT2D eigenvalue weighted by molar-refractivity contribution is 0.0245. The number of amides is 1. The summed E-state index contributed by atoms with van der Waals surface area (Å²) in [6.07, 6.45) is 6.47. The predicted molar refractivity (Wildman–Crippen MR) is 83.8 cm³/mol. The van der Waals surface area contributed by atoms with Crippen LogP contribution in [0.1, 0.15) is 62.4 Å². The largest absolute Gasteiger partial charge is 0.388 e. The third kappa shape index (κ3) is 4.40. The minimum atomic E-state index is -0.815. The van der Waals surface area contributed by atoms with Gasteiger partial charge in [0.05, 0.1) is 5.60 Å². The SMILES string of the molecule is CCCn1nc(C(=O)NCC2(O)CCCCCC2)ccc1=O. The van der Waals surface area contributed by atoms with Crippen molar-refractivity contribution >= 4 is 5.91 Å². The molecular weight excluding hydrogens is 282 g/mol. The van der Waals surface area contributed by atoms with E-state index in [9.17, 15) is 14.7 Å². The third-order valence-corrected chi connectivity index (χ3v) is 4.15. The second-order valence-corrected chi connectivity index (χ2v) is 6.10. The first-order valence-corrected chi connectivity index (χ1v) is 8.13. The van der Waals surface area contributed by atoms with Gasteiger partial charge in [0.15, 0.2) is 0 Å². The molecule has 1 heterocycles. The van der Waals surface area contributed by atoms with Crippen LogP contribution in [0.3, 0.4) is 0 Å². The fraction of sp³-hybridized carbons (Fsp3) is 0.688. The summed E-state index contributed by atoms with van der Waals surface area (Å²) in [7, 11) is 0. The van der Waals surface area contributed by atoms with Crippen molar-refractivity contribution in [1.29, 1.82) is 0 Å². The van der Waals surface area contributed by atoms with Crippen LogP contribution in [0, 0.1) is 0 Å². The summed E-state index contributed by atoms with van der Waals surface area (Å²) in [6, 6.07) is 2.79. The van der Waals surface area contributed by atoms with Gasteiger partial charge < -0.3 is 10.4 Å². The van der Waals surface area contributed by atoms with Crippen molar-refractivity contribution < 1.29 is 9.90 Å². The zero-order valence-electron chi connectivity index (χ0n) is 13.2. The molecule has 2 N–H and O–H groups in total. The molecule has 1 amide bonds. The number of nitrogens with zero attached hydrogens (tertiary/aromatic N) is 2. The lowest BCUT2D eigenvalue weighted by atomic mass is 9.94. The van der Waals surface area contributed by atoms with Crippen molar-refractivity contribution in [3.05, 3.63) is 28.2 Å². The van der Waals surface area contributed by atoms with Crippen LogP contribution >= 0.6 is 0 Å². The molecule has 0 aliphatic heterocycles. The number of carbonyl (C=O) groups is 1. The number of nitrogens with one attached hydrogen (secondary N) is 1. The van der Waals surface area contributed by atoms with Gasteiger partial charge in [-0.1, -0.05) is 32.6 Å². The van der Waals surface area contributed by atoms with E-state index in [0.29, 0.717) is 6.54 Å². The van der Waals surface area contributed by atoms with Crippen molar-refractivity contribution in [1.82, 2.24) is 15.1 Å². The van der Waals surface area contributed by atoms with Gasteiger partial charge in [0.2, 0.25) is 0 Å². The number of carbonyl (C=O) groups excluding carboxylic acids is 1. The molecule has 0 unspecified atom stereocenters. The molecule has 1 aromatic rings. The van der Waals surface area contributed by atoms with Crippen LogP contribution in [0.5, 0.6) is 0 Å². The van der Waals surface area contributed by atoms with Crippen LogP contribution in [0.2, 0.25) is 0 Å². The molecular formula is C16H25N3O3. The third-order valence-electron chi connectivity index (χ3n) is 4.15. The maximum atomic E-state index is 12.2. The molecule has 1 aliphatic carbocycles. The quantitative estimate of drug-likeness (QED) is 0.807. The van der Waals surface area contributed by atoms with Crippen molar-refractivity contribution in [2.75, 3.05) is 6.54 Å². The second kappa shape index (κ2) is 7.54. The Morgan fingerprint density at radius 3 is 2.64 bits per heavy atom. The van der Waals surface area contributed by atoms with Crippen LogP contribution in [-0.4, -0.2) is 32.9 Å². The summed E-state index contributed by atoms with van der Waals surface area (Å²) < 4.78 is 1.30. The number of hydrogen-bond acceptors (Lipinski definition) is 4. The van der Waals surface area contributed by atoms with Crippen LogP contribution < -0.4 is 10.9 Å². The van der Waals surface area contributed by atoms with Crippen molar-refractivity contribution in [3.63, 3.8) is 0 Å². The molecule has 122 valence electrons. The number of aliphatic hydroxyl groups is 1. The standard InChI is InChI=1S/C16H25N3O3/c1-2-11-19-14(20)8-7-13(18-19)15(21)17-12-16(22)9-5-3-4-6-10-16/h7-8,22H,2-6,9-12H2,1H3,(H,17,21). The van der Waals surface area contributed by atoms with Gasteiger partial charge in [-0.05, 0) is 25.3 Å². The number of aromatic nitrogens is 2. The Morgan fingerprint density at radius 1 is 1.32 bits per heavy atom. The molecule has 6 nitrogen and oxygen atoms in total. The van der Waals surface area contributed by atoms with Gasteiger partial charge in [-0.2, -0.15) is 5.10 Å². The van der Waals surface area contributed by atoms with Crippen LogP contribution in [0.4, 0.5) is 0 Å². The van der Waals surface area contributed by atoms with Gasteiger partial charge in [0.1, 0.15) is 5.69 Å². The summed E-state index contributed by atoms with van der Waals surface area (Å²) in [4.78, 5) is 23.8. The molecule has 1 aromatic heterocycles. The molecule has 1 saturated carbocycles. The first kappa shape index (κ1) is 16.7. The first-order valence-electron chi connectivity index (χ1n) is 8.13. The Bertz CT molecular complexity index is 560. The molecule has 6 heteroatoms. The highest BCUT2D eigenvalue weighted by molar-refractivity contribution is 5.92. The molecule has 1 fully saturated rings. The smallest absolute Gasteiger partial charge is 0.271 e. The first-order chi connectivity index (χ1) is 10.5. The van der Waals surface area contributed by atoms with Crippen molar-refractivity contribution in [2.24, 2.45) is 0 Å². The zero-order chi connectivity index (χ0) is 16.0. The van der Waals surface area contributed by atoms with E-state index in [2.05, 4.69) is 10.4 Å². The van der Waals surface area contributed by atoms with Gasteiger partial charge in [-0.3, -0.25) is 9.59 Å². The van der Waals surface area contributed by atoms with Gasteiger partial charge in [-0.15, -0.1) is 0 Å². The molecule has 0 aromatic carbocycles. The van der Waals surface area contributed by atoms with E-state index >= 15 is 0 Å². The Labute approximate surface area is 130 Å². The highest BCUT2D eigenvalue weighted by Crippen LogP contribution is 2.26. The predicted octanol–water partition coefficient (Wildman–Crippen LogP) is 1.47. The second-order valence-electron chi connectivity index (χ2n) is 6.10. The van der Waals surface area contributed by atoms with E-state index in [1.165, 1.54) is 16.8 Å². The van der Waals surface area contributed by atoms with E-state index < -0.39 is 5.60 Å². The fourth-order valence-corrected chi connectivity index (χ4v) is 2.84. The van der Waals surface area contributed by atoms with E-state index in [0.717, 1.165) is 44.9 Å². The summed E-state index contributed by atoms with van der Waals surface area (Å²) in [5.41, 5.74) is -0.810. The molecule has 0 saturated heterocycles. The van der Waals surface area contributed by atoms with E-state index in [-0.39, 0.29) is 23.7 Å². The van der Waals surface area contributed by atoms with Gasteiger partial charge in [0, 0.05) is 19.2 Å². The van der Waals surface area contributed by atoms with Crippen molar-refractivity contribution in [2.45, 2.75) is 64.0 Å². The Kier molecular flexibility index (Phi) is 5.71. The normalized spacial score (nSPS) is 17.7. The maximum Gasteiger partial charge on any atom is 0.271 e. The highest BCUT2D eigenvalue weighted by atomic mass is 16.3. The van der Waals surface area contributed by atoms with Crippen LogP contribution in [0.25, 0.3) is 0 Å². The van der Waals surface area contributed by atoms with E-state index in [4.69, 9.17) is 0 Å².